The molecule has 0 bridgehead atoms. The van der Waals surface area contributed by atoms with E-state index in [0.717, 1.165) is 11.1 Å². The Morgan fingerprint density at radius 3 is 1.65 bits per heavy atom. The molecule has 26 heavy (non-hydrogen) atoms. The van der Waals surface area contributed by atoms with Crippen LogP contribution in [-0.4, -0.2) is 11.4 Å². The van der Waals surface area contributed by atoms with Gasteiger partial charge in [-0.05, 0) is 55.6 Å². The average Bonchev–Trinajstić information content (AvgIpc) is 2.70. The van der Waals surface area contributed by atoms with Crippen LogP contribution in [0.25, 0.3) is 37.9 Å². The van der Waals surface area contributed by atoms with Gasteiger partial charge in [0.1, 0.15) is 0 Å². The molecule has 0 unspecified atom stereocenters. The fraction of sp³-hybridized carbons (Fsp3) is 0. The lowest BCUT2D eigenvalue weighted by atomic mass is 9.88. The molecular formula is C24H16N2. The van der Waals surface area contributed by atoms with Crippen molar-refractivity contribution in [3.8, 4) is 0 Å². The number of hydrogen-bond acceptors (Lipinski definition) is 2. The Balaban J connectivity index is 1.99. The Kier molecular flexibility index (Phi) is 3.13. The predicted molar refractivity (Wildman–Crippen MR) is 112 cm³/mol. The first-order chi connectivity index (χ1) is 12.7. The minimum atomic E-state index is 0.254. The molecule has 2 nitrogen and oxygen atoms in total. The van der Waals surface area contributed by atoms with Crippen molar-refractivity contribution in [1.29, 1.82) is 10.8 Å². The second-order valence-electron chi connectivity index (χ2n) is 6.58. The Hall–Kier alpha value is -3.52. The monoisotopic (exact) mass is 332 g/mol. The quantitative estimate of drug-likeness (QED) is 0.311. The third-order valence-electron chi connectivity index (χ3n) is 5.10. The molecule has 0 saturated carbocycles. The largest absolute Gasteiger partial charge is 0.299 e. The number of nitrogens with one attached hydrogen (secondary N) is 2. The van der Waals surface area contributed by atoms with Crippen molar-refractivity contribution < 1.29 is 0 Å². The second-order valence-corrected chi connectivity index (χ2v) is 6.58. The summed E-state index contributed by atoms with van der Waals surface area (Å²) >= 11 is 0. The maximum absolute atomic E-state index is 8.02. The zero-order valence-electron chi connectivity index (χ0n) is 14.1. The lowest BCUT2D eigenvalue weighted by Gasteiger charge is -2.16. The molecule has 1 aliphatic carbocycles. The van der Waals surface area contributed by atoms with Gasteiger partial charge in [-0.15, -0.1) is 0 Å². The molecule has 0 saturated heterocycles. The van der Waals surface area contributed by atoms with Gasteiger partial charge in [0.15, 0.2) is 0 Å². The molecule has 4 aromatic carbocycles. The van der Waals surface area contributed by atoms with Crippen molar-refractivity contribution >= 4 is 49.3 Å². The van der Waals surface area contributed by atoms with Crippen LogP contribution in [0.1, 0.15) is 5.56 Å². The van der Waals surface area contributed by atoms with Crippen LogP contribution in [0.5, 0.6) is 0 Å². The summed E-state index contributed by atoms with van der Waals surface area (Å²) in [6.45, 7) is 0. The van der Waals surface area contributed by atoms with Gasteiger partial charge in [0, 0.05) is 0 Å². The molecule has 5 rings (SSSR count). The Morgan fingerprint density at radius 2 is 1.04 bits per heavy atom. The van der Waals surface area contributed by atoms with E-state index >= 15 is 0 Å². The van der Waals surface area contributed by atoms with Crippen LogP contribution in [0.3, 0.4) is 0 Å². The highest BCUT2D eigenvalue weighted by Crippen LogP contribution is 2.39. The molecule has 4 aromatic rings. The fourth-order valence-electron chi connectivity index (χ4n) is 3.91. The van der Waals surface area contributed by atoms with Crippen LogP contribution in [0.15, 0.2) is 85.0 Å². The summed E-state index contributed by atoms with van der Waals surface area (Å²) in [5, 5.41) is 23.2. The minimum Gasteiger partial charge on any atom is -0.299 e. The van der Waals surface area contributed by atoms with Crippen molar-refractivity contribution in [1.82, 2.24) is 0 Å². The molecule has 122 valence electrons. The normalized spacial score (nSPS) is 14.4. The highest BCUT2D eigenvalue weighted by Gasteiger charge is 2.15. The van der Waals surface area contributed by atoms with Gasteiger partial charge in [-0.2, -0.15) is 0 Å². The Bertz CT molecular complexity index is 1260. The van der Waals surface area contributed by atoms with Crippen LogP contribution in [0.4, 0.5) is 0 Å². The molecule has 0 spiro atoms. The van der Waals surface area contributed by atoms with Crippen molar-refractivity contribution in [3.05, 3.63) is 90.5 Å². The summed E-state index contributed by atoms with van der Waals surface area (Å²) in [6.07, 6.45) is 5.44. The minimum absolute atomic E-state index is 0.254. The summed E-state index contributed by atoms with van der Waals surface area (Å²) < 4.78 is 0. The van der Waals surface area contributed by atoms with Gasteiger partial charge in [0.25, 0.3) is 0 Å². The third kappa shape index (κ3) is 2.06. The SMILES string of the molecule is N=C1C=CC(c2cccc3c4ccccc4c4ccccc4c23)=CC1=N. The van der Waals surface area contributed by atoms with E-state index in [2.05, 4.69) is 66.7 Å². The van der Waals surface area contributed by atoms with Gasteiger partial charge in [-0.1, -0.05) is 72.8 Å². The molecule has 0 amide bonds. The van der Waals surface area contributed by atoms with E-state index in [1.807, 2.05) is 6.08 Å². The summed E-state index contributed by atoms with van der Waals surface area (Å²) in [5.41, 5.74) is 2.60. The summed E-state index contributed by atoms with van der Waals surface area (Å²) in [5.74, 6) is 0. The van der Waals surface area contributed by atoms with Crippen LogP contribution < -0.4 is 0 Å². The average molecular weight is 332 g/mol. The molecule has 1 aliphatic rings. The Labute approximate surface area is 151 Å². The van der Waals surface area contributed by atoms with Gasteiger partial charge in [0.2, 0.25) is 0 Å². The first-order valence-electron chi connectivity index (χ1n) is 8.64. The zero-order valence-corrected chi connectivity index (χ0v) is 14.1. The van der Waals surface area contributed by atoms with Crippen molar-refractivity contribution in [2.45, 2.75) is 0 Å². The highest BCUT2D eigenvalue weighted by molar-refractivity contribution is 6.50. The third-order valence-corrected chi connectivity index (χ3v) is 5.10. The first kappa shape index (κ1) is 14.8. The number of allylic oxidation sites excluding steroid dienone is 4. The van der Waals surface area contributed by atoms with Crippen LogP contribution in [0, 0.1) is 10.8 Å². The van der Waals surface area contributed by atoms with Crippen LogP contribution >= 0.6 is 0 Å². The van der Waals surface area contributed by atoms with Crippen LogP contribution in [0.2, 0.25) is 0 Å². The molecule has 0 fully saturated rings. The van der Waals surface area contributed by atoms with E-state index in [1.54, 1.807) is 12.2 Å². The summed E-state index contributed by atoms with van der Waals surface area (Å²) in [7, 11) is 0. The van der Waals surface area contributed by atoms with E-state index in [1.165, 1.54) is 32.3 Å². The molecule has 2 heteroatoms. The lowest BCUT2D eigenvalue weighted by Crippen LogP contribution is -2.09. The smallest absolute Gasteiger partial charge is 0.0795 e. The zero-order chi connectivity index (χ0) is 17.7. The van der Waals surface area contributed by atoms with Gasteiger partial charge in [-0.25, -0.2) is 0 Å². The number of rotatable bonds is 1. The molecule has 2 N–H and O–H groups in total. The molecule has 0 aromatic heterocycles. The molecular weight excluding hydrogens is 316 g/mol. The number of hydrogen-bond donors (Lipinski definition) is 2. The number of benzene rings is 4. The maximum atomic E-state index is 8.02. The highest BCUT2D eigenvalue weighted by atomic mass is 14.5. The maximum Gasteiger partial charge on any atom is 0.0795 e. The second kappa shape index (κ2) is 5.50. The molecule has 0 heterocycles. The van der Waals surface area contributed by atoms with Crippen molar-refractivity contribution in [2.75, 3.05) is 0 Å². The number of fused-ring (bicyclic) bond motifs is 6. The van der Waals surface area contributed by atoms with Gasteiger partial charge in [-0.3, -0.25) is 10.8 Å². The molecule has 0 aliphatic heterocycles. The standard InChI is InChI=1S/C24H16N2/c25-22-13-12-15(14-23(22)26)16-10-5-11-21-19-7-2-1-6-17(19)18-8-3-4-9-20(18)24(16)21/h1-14,25-26H. The van der Waals surface area contributed by atoms with E-state index < -0.39 is 0 Å². The molecule has 0 atom stereocenters. The topological polar surface area (TPSA) is 47.7 Å². The van der Waals surface area contributed by atoms with E-state index in [9.17, 15) is 0 Å². The van der Waals surface area contributed by atoms with Crippen LogP contribution in [-0.2, 0) is 0 Å². The summed E-state index contributed by atoms with van der Waals surface area (Å²) in [4.78, 5) is 0. The lowest BCUT2D eigenvalue weighted by molar-refractivity contribution is 1.49. The van der Waals surface area contributed by atoms with Gasteiger partial charge in [0.05, 0.1) is 11.4 Å². The van der Waals surface area contributed by atoms with E-state index in [-0.39, 0.29) is 11.4 Å². The van der Waals surface area contributed by atoms with Crippen molar-refractivity contribution in [3.63, 3.8) is 0 Å². The van der Waals surface area contributed by atoms with Gasteiger partial charge < -0.3 is 0 Å². The van der Waals surface area contributed by atoms with Gasteiger partial charge >= 0.3 is 0 Å². The van der Waals surface area contributed by atoms with E-state index in [4.69, 9.17) is 10.8 Å². The Morgan fingerprint density at radius 1 is 0.500 bits per heavy atom. The van der Waals surface area contributed by atoms with Crippen molar-refractivity contribution in [2.24, 2.45) is 0 Å². The molecule has 0 radical (unpaired) electrons. The fourth-order valence-corrected chi connectivity index (χ4v) is 3.91. The van der Waals surface area contributed by atoms with E-state index in [0.29, 0.717) is 0 Å². The summed E-state index contributed by atoms with van der Waals surface area (Å²) in [6, 6.07) is 23.4. The predicted octanol–water partition coefficient (Wildman–Crippen LogP) is 6.14. The first-order valence-corrected chi connectivity index (χ1v) is 8.64.